The number of pyridine rings is 1. The van der Waals surface area contributed by atoms with Crippen LogP contribution in [-0.4, -0.2) is 26.3 Å². The van der Waals surface area contributed by atoms with Crippen molar-refractivity contribution in [1.82, 2.24) is 15.0 Å². The van der Waals surface area contributed by atoms with Gasteiger partial charge in [0.25, 0.3) is 0 Å². The van der Waals surface area contributed by atoms with Crippen molar-refractivity contribution >= 4 is 5.78 Å². The topological polar surface area (TPSA) is 81.8 Å². The number of nitrogens with zero attached hydrogens (tertiary/aromatic N) is 3. The van der Waals surface area contributed by atoms with Gasteiger partial charge in [-0.25, -0.2) is 9.37 Å². The molecule has 0 radical (unpaired) electrons. The van der Waals surface area contributed by atoms with Gasteiger partial charge in [0.15, 0.2) is 5.78 Å². The van der Waals surface area contributed by atoms with Gasteiger partial charge in [-0.15, -0.1) is 0 Å². The van der Waals surface area contributed by atoms with E-state index in [1.807, 2.05) is 24.3 Å². The van der Waals surface area contributed by atoms with Crippen LogP contribution in [0.3, 0.4) is 0 Å². The molecule has 6 heteroatoms. The van der Waals surface area contributed by atoms with Crippen molar-refractivity contribution in [2.45, 2.75) is 44.1 Å². The summed E-state index contributed by atoms with van der Waals surface area (Å²) in [6.07, 6.45) is 11.5. The molecule has 5 nitrogen and oxygen atoms in total. The summed E-state index contributed by atoms with van der Waals surface area (Å²) >= 11 is 0. The SMILES string of the molecule is NC1(CCCC(=O)c2ccc(-c3cncc(-c4cncc(F)c4)n3)cc2)CCC1. The quantitative estimate of drug-likeness (QED) is 0.597. The zero-order valence-corrected chi connectivity index (χ0v) is 16.1. The van der Waals surface area contributed by atoms with Gasteiger partial charge in [0, 0.05) is 34.8 Å². The average molecular weight is 390 g/mol. The van der Waals surface area contributed by atoms with E-state index >= 15 is 0 Å². The lowest BCUT2D eigenvalue weighted by molar-refractivity contribution is 0.0973. The Kier molecular flexibility index (Phi) is 5.45. The fourth-order valence-electron chi connectivity index (χ4n) is 3.65. The van der Waals surface area contributed by atoms with Crippen molar-refractivity contribution in [2.24, 2.45) is 5.73 Å². The summed E-state index contributed by atoms with van der Waals surface area (Å²) in [5, 5.41) is 0. The number of benzene rings is 1. The lowest BCUT2D eigenvalue weighted by Gasteiger charge is -2.38. The second-order valence-electron chi connectivity index (χ2n) is 7.75. The second kappa shape index (κ2) is 8.17. The summed E-state index contributed by atoms with van der Waals surface area (Å²) in [6.45, 7) is 0. The number of ketones is 1. The van der Waals surface area contributed by atoms with Gasteiger partial charge in [-0.1, -0.05) is 24.3 Å². The molecule has 1 saturated carbocycles. The van der Waals surface area contributed by atoms with Crippen molar-refractivity contribution in [3.63, 3.8) is 0 Å². The molecule has 2 aromatic heterocycles. The summed E-state index contributed by atoms with van der Waals surface area (Å²) < 4.78 is 13.4. The van der Waals surface area contributed by atoms with Gasteiger partial charge >= 0.3 is 0 Å². The molecule has 0 saturated heterocycles. The predicted octanol–water partition coefficient (Wildman–Crippen LogP) is 4.58. The van der Waals surface area contributed by atoms with Crippen molar-refractivity contribution in [2.75, 3.05) is 0 Å². The molecule has 2 heterocycles. The van der Waals surface area contributed by atoms with Crippen LogP contribution < -0.4 is 5.73 Å². The van der Waals surface area contributed by atoms with E-state index in [1.54, 1.807) is 18.6 Å². The molecular weight excluding hydrogens is 367 g/mol. The van der Waals surface area contributed by atoms with E-state index in [0.717, 1.165) is 37.4 Å². The van der Waals surface area contributed by atoms with Crippen molar-refractivity contribution in [3.8, 4) is 22.5 Å². The molecule has 2 N–H and O–H groups in total. The number of hydrogen-bond donors (Lipinski definition) is 1. The maximum atomic E-state index is 13.4. The molecule has 0 amide bonds. The first-order valence-electron chi connectivity index (χ1n) is 9.88. The average Bonchev–Trinajstić information content (AvgIpc) is 2.72. The predicted molar refractivity (Wildman–Crippen MR) is 110 cm³/mol. The minimum Gasteiger partial charge on any atom is -0.325 e. The molecule has 148 valence electrons. The minimum absolute atomic E-state index is 0.0367. The van der Waals surface area contributed by atoms with Gasteiger partial charge in [0.05, 0.1) is 30.0 Å². The van der Waals surface area contributed by atoms with Gasteiger partial charge in [0.2, 0.25) is 0 Å². The lowest BCUT2D eigenvalue weighted by atomic mass is 9.74. The number of rotatable bonds is 7. The Morgan fingerprint density at radius 2 is 1.69 bits per heavy atom. The molecule has 1 aliphatic carbocycles. The second-order valence-corrected chi connectivity index (χ2v) is 7.75. The molecule has 1 aliphatic rings. The number of halogens is 1. The van der Waals surface area contributed by atoms with Gasteiger partial charge in [-0.05, 0) is 38.2 Å². The van der Waals surface area contributed by atoms with Crippen LogP contribution in [0.5, 0.6) is 0 Å². The van der Waals surface area contributed by atoms with Crippen molar-refractivity contribution in [3.05, 3.63) is 66.5 Å². The fourth-order valence-corrected chi connectivity index (χ4v) is 3.65. The fraction of sp³-hybridized carbons (Fsp3) is 0.304. The summed E-state index contributed by atoms with van der Waals surface area (Å²) in [5.41, 5.74) is 9.48. The largest absolute Gasteiger partial charge is 0.325 e. The van der Waals surface area contributed by atoms with Crippen LogP contribution in [0.4, 0.5) is 4.39 Å². The number of nitrogens with two attached hydrogens (primary N) is 1. The van der Waals surface area contributed by atoms with Crippen LogP contribution in [0.1, 0.15) is 48.9 Å². The zero-order valence-electron chi connectivity index (χ0n) is 16.1. The van der Waals surface area contributed by atoms with Crippen LogP contribution in [0.2, 0.25) is 0 Å². The zero-order chi connectivity index (χ0) is 20.3. The first-order valence-corrected chi connectivity index (χ1v) is 9.88. The van der Waals surface area contributed by atoms with E-state index < -0.39 is 5.82 Å². The van der Waals surface area contributed by atoms with Crippen LogP contribution >= 0.6 is 0 Å². The molecule has 1 aromatic carbocycles. The van der Waals surface area contributed by atoms with Gasteiger partial charge in [-0.2, -0.15) is 0 Å². The van der Waals surface area contributed by atoms with Crippen LogP contribution in [0.25, 0.3) is 22.5 Å². The van der Waals surface area contributed by atoms with E-state index in [2.05, 4.69) is 15.0 Å². The van der Waals surface area contributed by atoms with Gasteiger partial charge in [-0.3, -0.25) is 14.8 Å². The number of hydrogen-bond acceptors (Lipinski definition) is 5. The Balaban J connectivity index is 1.43. The highest BCUT2D eigenvalue weighted by Gasteiger charge is 2.31. The lowest BCUT2D eigenvalue weighted by Crippen LogP contribution is -2.46. The molecule has 0 spiro atoms. The maximum absolute atomic E-state index is 13.4. The van der Waals surface area contributed by atoms with E-state index in [4.69, 9.17) is 5.73 Å². The minimum atomic E-state index is -0.421. The molecule has 0 aliphatic heterocycles. The van der Waals surface area contributed by atoms with Gasteiger partial charge in [0.1, 0.15) is 5.82 Å². The highest BCUT2D eigenvalue weighted by atomic mass is 19.1. The van der Waals surface area contributed by atoms with Gasteiger partial charge < -0.3 is 5.73 Å². The van der Waals surface area contributed by atoms with E-state index in [0.29, 0.717) is 28.9 Å². The highest BCUT2D eigenvalue weighted by molar-refractivity contribution is 5.96. The van der Waals surface area contributed by atoms with Crippen molar-refractivity contribution in [1.29, 1.82) is 0 Å². The van der Waals surface area contributed by atoms with Crippen LogP contribution in [-0.2, 0) is 0 Å². The summed E-state index contributed by atoms with van der Waals surface area (Å²) in [5.74, 6) is -0.291. The Bertz CT molecular complexity index is 1020. The molecule has 0 unspecified atom stereocenters. The first-order chi connectivity index (χ1) is 14.0. The molecular formula is C23H23FN4O. The van der Waals surface area contributed by atoms with Crippen LogP contribution in [0.15, 0.2) is 55.1 Å². The van der Waals surface area contributed by atoms with E-state index in [9.17, 15) is 9.18 Å². The normalized spacial score (nSPS) is 15.0. The van der Waals surface area contributed by atoms with E-state index in [-0.39, 0.29) is 11.3 Å². The number of carbonyl (C=O) groups is 1. The molecule has 29 heavy (non-hydrogen) atoms. The number of carbonyl (C=O) groups excluding carboxylic acids is 1. The van der Waals surface area contributed by atoms with E-state index in [1.165, 1.54) is 12.5 Å². The standard InChI is InChI=1S/C23H23FN4O/c24-19-11-18(12-26-13-19)21-15-27-14-20(28-21)16-4-6-17(7-5-16)22(29)3-1-8-23(25)9-2-10-23/h4-7,11-15H,1-3,8-10,25H2. The first kappa shape index (κ1) is 19.3. The maximum Gasteiger partial charge on any atom is 0.162 e. The third-order valence-corrected chi connectivity index (χ3v) is 5.57. The Labute approximate surface area is 169 Å². The smallest absolute Gasteiger partial charge is 0.162 e. The summed E-state index contributed by atoms with van der Waals surface area (Å²) in [4.78, 5) is 25.1. The monoisotopic (exact) mass is 390 g/mol. The summed E-state index contributed by atoms with van der Waals surface area (Å²) in [6, 6.07) is 8.73. The third-order valence-electron chi connectivity index (χ3n) is 5.57. The molecule has 4 rings (SSSR count). The number of Topliss-reactive ketones (excluding diaryl/α,β-unsaturated/α-hetero) is 1. The Morgan fingerprint density at radius 1 is 1.00 bits per heavy atom. The van der Waals surface area contributed by atoms with Crippen molar-refractivity contribution < 1.29 is 9.18 Å². The highest BCUT2D eigenvalue weighted by Crippen LogP contribution is 2.33. The third kappa shape index (κ3) is 4.54. The van der Waals surface area contributed by atoms with Crippen LogP contribution in [0, 0.1) is 5.82 Å². The number of aromatic nitrogens is 3. The molecule has 3 aromatic rings. The Hall–Kier alpha value is -2.99. The Morgan fingerprint density at radius 3 is 2.34 bits per heavy atom. The summed E-state index contributed by atoms with van der Waals surface area (Å²) in [7, 11) is 0. The molecule has 0 atom stereocenters. The molecule has 0 bridgehead atoms. The molecule has 1 fully saturated rings.